The van der Waals surface area contributed by atoms with Gasteiger partial charge in [-0.05, 0) is 25.5 Å². The smallest absolute Gasteiger partial charge is 0.239 e. The van der Waals surface area contributed by atoms with Crippen molar-refractivity contribution in [1.82, 2.24) is 5.32 Å². The number of hydrogen-bond acceptors (Lipinski definition) is 4. The molecule has 1 fully saturated rings. The number of hydrogen-bond donors (Lipinski definition) is 2. The van der Waals surface area contributed by atoms with Gasteiger partial charge in [0.1, 0.15) is 5.75 Å². The molecular formula is C13H16N2O3. The number of amides is 1. The average molecular weight is 248 g/mol. The predicted octanol–water partition coefficient (Wildman–Crippen LogP) is 0.921. The number of ketones is 1. The maximum Gasteiger partial charge on any atom is 0.239 e. The van der Waals surface area contributed by atoms with Crippen LogP contribution in [0.5, 0.6) is 5.75 Å². The zero-order chi connectivity index (χ0) is 13.1. The number of anilines is 1. The summed E-state index contributed by atoms with van der Waals surface area (Å²) in [6.07, 6.45) is 0.862. The molecule has 0 bridgehead atoms. The summed E-state index contributed by atoms with van der Waals surface area (Å²) in [6, 6.07) is 4.89. The van der Waals surface area contributed by atoms with Crippen molar-refractivity contribution >= 4 is 17.4 Å². The first-order valence-corrected chi connectivity index (χ1v) is 5.93. The summed E-state index contributed by atoms with van der Waals surface area (Å²) in [4.78, 5) is 24.6. The fraction of sp³-hybridized carbons (Fsp3) is 0.385. The molecule has 0 saturated carbocycles. The van der Waals surface area contributed by atoms with Gasteiger partial charge >= 0.3 is 0 Å². The van der Waals surface area contributed by atoms with Gasteiger partial charge in [-0.1, -0.05) is 0 Å². The third-order valence-corrected chi connectivity index (χ3v) is 2.99. The van der Waals surface area contributed by atoms with Gasteiger partial charge < -0.3 is 15.3 Å². The maximum atomic E-state index is 11.5. The van der Waals surface area contributed by atoms with E-state index >= 15 is 0 Å². The van der Waals surface area contributed by atoms with E-state index in [-0.39, 0.29) is 24.0 Å². The van der Waals surface area contributed by atoms with Crippen LogP contribution in [-0.2, 0) is 4.79 Å². The molecule has 1 aromatic carbocycles. The van der Waals surface area contributed by atoms with E-state index in [9.17, 15) is 14.7 Å². The second-order valence-electron chi connectivity index (χ2n) is 4.38. The number of phenolic OH excluding ortho intramolecular Hbond substituents is 1. The molecule has 96 valence electrons. The van der Waals surface area contributed by atoms with Gasteiger partial charge in [0.25, 0.3) is 0 Å². The number of rotatable bonds is 2. The largest absolute Gasteiger partial charge is 0.507 e. The van der Waals surface area contributed by atoms with Crippen molar-refractivity contribution in [3.05, 3.63) is 23.8 Å². The standard InChI is InChI=1S/C13H16N2O3/c1-9(16)11-4-3-10(7-12(11)17)15-6-2-5-14-13(18)8-15/h3-4,7,17H,2,5-6,8H2,1H3,(H,14,18). The van der Waals surface area contributed by atoms with E-state index in [1.165, 1.54) is 13.0 Å². The number of nitrogens with zero attached hydrogens (tertiary/aromatic N) is 1. The summed E-state index contributed by atoms with van der Waals surface area (Å²) in [5.74, 6) is -0.236. The monoisotopic (exact) mass is 248 g/mol. The highest BCUT2D eigenvalue weighted by atomic mass is 16.3. The van der Waals surface area contributed by atoms with Crippen molar-refractivity contribution in [3.63, 3.8) is 0 Å². The van der Waals surface area contributed by atoms with Crippen molar-refractivity contribution in [2.24, 2.45) is 0 Å². The van der Waals surface area contributed by atoms with Crippen molar-refractivity contribution < 1.29 is 14.7 Å². The quantitative estimate of drug-likeness (QED) is 0.764. The van der Waals surface area contributed by atoms with Crippen LogP contribution in [0.2, 0.25) is 0 Å². The van der Waals surface area contributed by atoms with E-state index in [0.29, 0.717) is 12.1 Å². The first-order valence-electron chi connectivity index (χ1n) is 5.93. The lowest BCUT2D eigenvalue weighted by atomic mass is 10.1. The number of phenols is 1. The van der Waals surface area contributed by atoms with Gasteiger partial charge in [-0.25, -0.2) is 0 Å². The topological polar surface area (TPSA) is 69.6 Å². The Hall–Kier alpha value is -2.04. The Labute approximate surface area is 105 Å². The summed E-state index contributed by atoms with van der Waals surface area (Å²) >= 11 is 0. The number of nitrogens with one attached hydrogen (secondary N) is 1. The number of carbonyl (C=O) groups is 2. The van der Waals surface area contributed by atoms with Crippen molar-refractivity contribution in [1.29, 1.82) is 0 Å². The van der Waals surface area contributed by atoms with E-state index in [1.54, 1.807) is 12.1 Å². The lowest BCUT2D eigenvalue weighted by Crippen LogP contribution is -2.32. The Morgan fingerprint density at radius 2 is 2.22 bits per heavy atom. The number of aromatic hydroxyl groups is 1. The van der Waals surface area contributed by atoms with Crippen LogP contribution in [0, 0.1) is 0 Å². The molecule has 0 atom stereocenters. The lowest BCUT2D eigenvalue weighted by molar-refractivity contribution is -0.119. The molecule has 1 amide bonds. The summed E-state index contributed by atoms with van der Waals surface area (Å²) in [5, 5.41) is 12.6. The Balaban J connectivity index is 2.25. The summed E-state index contributed by atoms with van der Waals surface area (Å²) in [6.45, 7) is 3.11. The highest BCUT2D eigenvalue weighted by molar-refractivity contribution is 5.97. The fourth-order valence-electron chi connectivity index (χ4n) is 2.04. The highest BCUT2D eigenvalue weighted by Gasteiger charge is 2.16. The molecule has 0 aromatic heterocycles. The van der Waals surface area contributed by atoms with E-state index in [1.807, 2.05) is 4.90 Å². The van der Waals surface area contributed by atoms with Gasteiger partial charge in [0, 0.05) is 24.8 Å². The zero-order valence-electron chi connectivity index (χ0n) is 10.3. The molecule has 2 N–H and O–H groups in total. The molecule has 1 aliphatic heterocycles. The fourth-order valence-corrected chi connectivity index (χ4v) is 2.04. The molecule has 0 unspecified atom stereocenters. The zero-order valence-corrected chi connectivity index (χ0v) is 10.3. The van der Waals surface area contributed by atoms with Gasteiger partial charge in [-0.15, -0.1) is 0 Å². The van der Waals surface area contributed by atoms with Gasteiger partial charge in [0.2, 0.25) is 5.91 Å². The molecule has 1 saturated heterocycles. The maximum absolute atomic E-state index is 11.5. The summed E-state index contributed by atoms with van der Waals surface area (Å²) < 4.78 is 0. The molecule has 1 aromatic rings. The molecule has 1 aliphatic rings. The van der Waals surface area contributed by atoms with Crippen LogP contribution in [0.1, 0.15) is 23.7 Å². The van der Waals surface area contributed by atoms with E-state index in [2.05, 4.69) is 5.32 Å². The summed E-state index contributed by atoms with van der Waals surface area (Å²) in [7, 11) is 0. The SMILES string of the molecule is CC(=O)c1ccc(N2CCCNC(=O)C2)cc1O. The average Bonchev–Trinajstić information content (AvgIpc) is 2.53. The predicted molar refractivity (Wildman–Crippen MR) is 68.0 cm³/mol. The molecular weight excluding hydrogens is 232 g/mol. The Bertz CT molecular complexity index is 485. The number of Topliss-reactive ketones (excluding diaryl/α,β-unsaturated/α-hetero) is 1. The van der Waals surface area contributed by atoms with Crippen molar-refractivity contribution in [3.8, 4) is 5.75 Å². The molecule has 5 nitrogen and oxygen atoms in total. The molecule has 0 radical (unpaired) electrons. The van der Waals surface area contributed by atoms with Crippen LogP contribution in [0.25, 0.3) is 0 Å². The van der Waals surface area contributed by atoms with Gasteiger partial charge in [-0.2, -0.15) is 0 Å². The Morgan fingerprint density at radius 3 is 2.89 bits per heavy atom. The molecule has 5 heteroatoms. The van der Waals surface area contributed by atoms with E-state index in [0.717, 1.165) is 18.7 Å². The highest BCUT2D eigenvalue weighted by Crippen LogP contribution is 2.25. The van der Waals surface area contributed by atoms with Crippen LogP contribution >= 0.6 is 0 Å². The third kappa shape index (κ3) is 2.61. The second kappa shape index (κ2) is 5.08. The normalized spacial score (nSPS) is 16.1. The van der Waals surface area contributed by atoms with Crippen LogP contribution in [0.3, 0.4) is 0 Å². The van der Waals surface area contributed by atoms with Crippen LogP contribution < -0.4 is 10.2 Å². The summed E-state index contributed by atoms with van der Waals surface area (Å²) in [5.41, 5.74) is 1.06. The van der Waals surface area contributed by atoms with Crippen molar-refractivity contribution in [2.45, 2.75) is 13.3 Å². The van der Waals surface area contributed by atoms with E-state index in [4.69, 9.17) is 0 Å². The molecule has 0 aliphatic carbocycles. The van der Waals surface area contributed by atoms with Gasteiger partial charge in [-0.3, -0.25) is 9.59 Å². The minimum absolute atomic E-state index is 0.0253. The molecule has 1 heterocycles. The Kier molecular flexibility index (Phi) is 3.50. The van der Waals surface area contributed by atoms with E-state index < -0.39 is 0 Å². The minimum Gasteiger partial charge on any atom is -0.507 e. The van der Waals surface area contributed by atoms with Crippen LogP contribution in [-0.4, -0.2) is 36.4 Å². The van der Waals surface area contributed by atoms with Gasteiger partial charge in [0.05, 0.1) is 12.1 Å². The minimum atomic E-state index is -0.173. The first-order chi connectivity index (χ1) is 8.58. The molecule has 2 rings (SSSR count). The molecule has 0 spiro atoms. The second-order valence-corrected chi connectivity index (χ2v) is 4.38. The number of benzene rings is 1. The van der Waals surface area contributed by atoms with Crippen LogP contribution in [0.4, 0.5) is 5.69 Å². The lowest BCUT2D eigenvalue weighted by Gasteiger charge is -2.21. The van der Waals surface area contributed by atoms with Crippen LogP contribution in [0.15, 0.2) is 18.2 Å². The number of carbonyl (C=O) groups excluding carboxylic acids is 2. The third-order valence-electron chi connectivity index (χ3n) is 2.99. The molecule has 18 heavy (non-hydrogen) atoms. The van der Waals surface area contributed by atoms with Gasteiger partial charge in [0.15, 0.2) is 5.78 Å². The Morgan fingerprint density at radius 1 is 1.44 bits per heavy atom. The first kappa shape index (κ1) is 12.4. The van der Waals surface area contributed by atoms with Crippen molar-refractivity contribution in [2.75, 3.05) is 24.5 Å².